The summed E-state index contributed by atoms with van der Waals surface area (Å²) in [5, 5.41) is 24.4. The van der Waals surface area contributed by atoms with Crippen LogP contribution in [-0.4, -0.2) is 38.8 Å². The van der Waals surface area contributed by atoms with Crippen molar-refractivity contribution in [2.24, 2.45) is 9.98 Å². The molecule has 0 saturated carbocycles. The van der Waals surface area contributed by atoms with Crippen molar-refractivity contribution in [3.05, 3.63) is 193 Å². The van der Waals surface area contributed by atoms with Gasteiger partial charge in [-0.15, -0.1) is 21.7 Å². The fraction of sp³-hybridized carbons (Fsp3) is 0.0526. The SMILES string of the molecule is O.O.O.[Co+3].[O-][Cl+3]([O-])([O-])[O-].[O-]c1ccccc1C=N[C@H](c1ccccc1)[C@H](N=Cc1ccccc1[O-])c1ccccc1.c1ccncc1.c1ccncc1. The van der Waals surface area contributed by atoms with Crippen LogP contribution in [0.25, 0.3) is 0 Å². The van der Waals surface area contributed by atoms with E-state index in [4.69, 9.17) is 28.6 Å². The molecule has 0 aliphatic carbocycles. The average Bonchev–Trinajstić information content (AvgIpc) is 3.13. The Hall–Kier alpha value is -5.36. The first-order chi connectivity index (χ1) is 23.7. The van der Waals surface area contributed by atoms with Gasteiger partial charge in [0.05, 0.1) is 0 Å². The molecule has 0 aliphatic rings. The molecule has 280 valence electrons. The van der Waals surface area contributed by atoms with E-state index >= 15 is 0 Å². The zero-order valence-electron chi connectivity index (χ0n) is 27.9. The van der Waals surface area contributed by atoms with E-state index in [1.165, 1.54) is 12.1 Å². The Balaban J connectivity index is 0. The maximum atomic E-state index is 12.2. The summed E-state index contributed by atoms with van der Waals surface area (Å²) in [5.74, 6) is -0.161. The Morgan fingerprint density at radius 2 is 0.698 bits per heavy atom. The van der Waals surface area contributed by atoms with Crippen LogP contribution >= 0.6 is 0 Å². The summed E-state index contributed by atoms with van der Waals surface area (Å²) in [6.45, 7) is 0. The second kappa shape index (κ2) is 28.2. The molecule has 0 amide bonds. The van der Waals surface area contributed by atoms with Crippen LogP contribution in [0, 0.1) is 10.2 Å². The van der Waals surface area contributed by atoms with Gasteiger partial charge in [0.25, 0.3) is 0 Å². The van der Waals surface area contributed by atoms with E-state index in [9.17, 15) is 10.2 Å². The molecule has 0 spiro atoms. The Labute approximate surface area is 319 Å². The number of hydrogen-bond donors (Lipinski definition) is 0. The van der Waals surface area contributed by atoms with E-state index in [1.807, 2.05) is 109 Å². The van der Waals surface area contributed by atoms with Gasteiger partial charge < -0.3 is 26.6 Å². The first kappa shape index (κ1) is 49.7. The van der Waals surface area contributed by atoms with E-state index in [0.717, 1.165) is 11.1 Å². The van der Waals surface area contributed by atoms with Gasteiger partial charge in [-0.05, 0) is 46.5 Å². The maximum Gasteiger partial charge on any atom is 3.00 e. The van der Waals surface area contributed by atoms with Crippen molar-refractivity contribution in [3.63, 3.8) is 0 Å². The molecule has 0 saturated heterocycles. The molecule has 0 bridgehead atoms. The number of aliphatic imine (C=N–C) groups is 2. The Morgan fingerprint density at radius 3 is 0.943 bits per heavy atom. The van der Waals surface area contributed by atoms with Crippen LogP contribution in [-0.2, 0) is 16.8 Å². The minimum Gasteiger partial charge on any atom is -0.872 e. The maximum absolute atomic E-state index is 12.2. The van der Waals surface area contributed by atoms with Gasteiger partial charge in [-0.1, -0.05) is 121 Å². The average molecular weight is 789 g/mol. The molecule has 13 nitrogen and oxygen atoms in total. The third kappa shape index (κ3) is 20.9. The predicted molar refractivity (Wildman–Crippen MR) is 185 cm³/mol. The summed E-state index contributed by atoms with van der Waals surface area (Å²) in [5.41, 5.74) is 2.98. The topological polar surface area (TPSA) is 283 Å². The number of pyridine rings is 2. The van der Waals surface area contributed by atoms with Gasteiger partial charge in [0.2, 0.25) is 0 Å². The summed E-state index contributed by atoms with van der Waals surface area (Å²) in [6.07, 6.45) is 10.2. The molecule has 6 N–H and O–H groups in total. The standard InChI is InChI=1S/C28H24N2O2.2C5H5N.ClHO4.Co.3H2O/c31-25-17-9-7-15-23(25)19-29-27(21-11-3-1-4-12-21)28(22-13-5-2-6-14-22)30-20-24-16-8-10-18-26(24)32;2*1-2-4-6-5-3-1;2-1(3,4)5;;;;/h1-20,27-28,31-32H;2*1-5H;(H,2,3,4,5);;3*1H2/q;;;;+3;;;/p-3/t27-,28-;;;;;;;/m1......./s1. The van der Waals surface area contributed by atoms with E-state index in [1.54, 1.807) is 61.5 Å². The third-order valence-corrected chi connectivity index (χ3v) is 6.30. The van der Waals surface area contributed by atoms with Crippen LogP contribution in [0.5, 0.6) is 11.5 Å². The number of halogens is 1. The number of nitrogens with zero attached hydrogens (tertiary/aromatic N) is 4. The zero-order valence-corrected chi connectivity index (χ0v) is 29.7. The van der Waals surface area contributed by atoms with E-state index < -0.39 is 10.2 Å². The molecule has 0 radical (unpaired) electrons. The normalized spacial score (nSPS) is 11.0. The summed E-state index contributed by atoms with van der Waals surface area (Å²) < 4.78 is 34.0. The largest absolute Gasteiger partial charge is 3.00 e. The van der Waals surface area contributed by atoms with E-state index in [0.29, 0.717) is 11.1 Å². The first-order valence-electron chi connectivity index (χ1n) is 14.7. The fourth-order valence-electron chi connectivity index (χ4n) is 4.12. The van der Waals surface area contributed by atoms with Gasteiger partial charge in [0.15, 0.2) is 0 Å². The van der Waals surface area contributed by atoms with Gasteiger partial charge >= 0.3 is 16.8 Å². The Kier molecular flexibility index (Phi) is 26.5. The van der Waals surface area contributed by atoms with Crippen molar-refractivity contribution in [3.8, 4) is 11.5 Å². The molecular formula is C38H38ClCoN4O9. The molecule has 6 rings (SSSR count). The molecule has 0 fully saturated rings. The van der Waals surface area contributed by atoms with Crippen LogP contribution in [0.1, 0.15) is 34.3 Å². The van der Waals surface area contributed by atoms with E-state index in [-0.39, 0.29) is 56.8 Å². The third-order valence-electron chi connectivity index (χ3n) is 6.30. The minimum absolute atomic E-state index is 0. The van der Waals surface area contributed by atoms with Crippen molar-refractivity contribution < 1.29 is 72.3 Å². The minimum atomic E-state index is -4.94. The van der Waals surface area contributed by atoms with Crippen molar-refractivity contribution in [1.82, 2.24) is 9.97 Å². The monoisotopic (exact) mass is 788 g/mol. The van der Waals surface area contributed by atoms with Crippen molar-refractivity contribution in [2.75, 3.05) is 0 Å². The second-order valence-corrected chi connectivity index (χ2v) is 10.5. The van der Waals surface area contributed by atoms with Gasteiger partial charge in [-0.2, -0.15) is 0 Å². The molecule has 0 aliphatic heterocycles. The van der Waals surface area contributed by atoms with Crippen LogP contribution in [0.4, 0.5) is 0 Å². The van der Waals surface area contributed by atoms with Crippen molar-refractivity contribution >= 4 is 12.4 Å². The van der Waals surface area contributed by atoms with Crippen LogP contribution in [0.2, 0.25) is 0 Å². The molecule has 6 aromatic rings. The Bertz CT molecular complexity index is 1620. The molecular weight excluding hydrogens is 751 g/mol. The summed E-state index contributed by atoms with van der Waals surface area (Å²) >= 11 is 0. The number of aromatic nitrogens is 2. The van der Waals surface area contributed by atoms with Crippen molar-refractivity contribution in [2.45, 2.75) is 12.1 Å². The summed E-state index contributed by atoms with van der Waals surface area (Å²) in [6, 6.07) is 44.0. The van der Waals surface area contributed by atoms with Crippen LogP contribution in [0.15, 0.2) is 180 Å². The number of para-hydroxylation sites is 2. The van der Waals surface area contributed by atoms with Crippen LogP contribution in [0.3, 0.4) is 0 Å². The predicted octanol–water partition coefficient (Wildman–Crippen LogP) is -0.215. The fourth-order valence-corrected chi connectivity index (χ4v) is 4.12. The summed E-state index contributed by atoms with van der Waals surface area (Å²) in [4.78, 5) is 17.2. The number of rotatable bonds is 7. The first-order valence-corrected chi connectivity index (χ1v) is 16.0. The summed E-state index contributed by atoms with van der Waals surface area (Å²) in [7, 11) is -4.94. The molecule has 2 atom stereocenters. The number of benzene rings is 4. The van der Waals surface area contributed by atoms with E-state index in [2.05, 4.69) is 9.97 Å². The molecule has 4 aromatic carbocycles. The molecule has 15 heteroatoms. The molecule has 53 heavy (non-hydrogen) atoms. The molecule has 2 heterocycles. The number of hydrogen-bond acceptors (Lipinski definition) is 10. The zero-order chi connectivity index (χ0) is 35.2. The van der Waals surface area contributed by atoms with Gasteiger partial charge in [-0.25, -0.2) is 18.6 Å². The molecule has 2 aromatic heterocycles. The van der Waals surface area contributed by atoms with Gasteiger partial charge in [-0.3, -0.25) is 20.0 Å². The Morgan fingerprint density at radius 1 is 0.434 bits per heavy atom. The smallest absolute Gasteiger partial charge is 0.872 e. The van der Waals surface area contributed by atoms with Gasteiger partial charge in [0, 0.05) is 37.2 Å². The van der Waals surface area contributed by atoms with Gasteiger partial charge in [0.1, 0.15) is 12.1 Å². The second-order valence-electron chi connectivity index (χ2n) is 9.77. The quantitative estimate of drug-likeness (QED) is 0.195. The van der Waals surface area contributed by atoms with Crippen LogP contribution < -0.4 is 28.8 Å². The molecule has 0 unspecified atom stereocenters. The van der Waals surface area contributed by atoms with Crippen molar-refractivity contribution in [1.29, 1.82) is 0 Å².